The first-order chi connectivity index (χ1) is 14.5. The van der Waals surface area contributed by atoms with Crippen LogP contribution in [0.2, 0.25) is 0 Å². The van der Waals surface area contributed by atoms with Crippen LogP contribution in [-0.4, -0.2) is 41.6 Å². The number of carbonyl (C=O) groups excluding carboxylic acids is 1. The number of aryl methyl sites for hydroxylation is 1. The van der Waals surface area contributed by atoms with E-state index in [2.05, 4.69) is 25.7 Å². The van der Waals surface area contributed by atoms with Gasteiger partial charge >= 0.3 is 0 Å². The highest BCUT2D eigenvalue weighted by Gasteiger charge is 2.32. The summed E-state index contributed by atoms with van der Waals surface area (Å²) in [6.45, 7) is 5.81. The molecule has 1 amide bonds. The van der Waals surface area contributed by atoms with Crippen molar-refractivity contribution >= 4 is 17.4 Å². The van der Waals surface area contributed by atoms with Crippen molar-refractivity contribution in [3.05, 3.63) is 59.5 Å². The van der Waals surface area contributed by atoms with E-state index in [-0.39, 0.29) is 17.9 Å². The Balaban J connectivity index is 1.61. The normalized spacial score (nSPS) is 16.0. The molecule has 30 heavy (non-hydrogen) atoms. The highest BCUT2D eigenvalue weighted by Crippen LogP contribution is 2.41. The van der Waals surface area contributed by atoms with Crippen LogP contribution in [0, 0.1) is 6.92 Å². The Bertz CT molecular complexity index is 1260. The molecule has 1 aliphatic heterocycles. The van der Waals surface area contributed by atoms with Crippen molar-refractivity contribution in [3.8, 4) is 11.6 Å². The van der Waals surface area contributed by atoms with E-state index in [1.54, 1.807) is 15.4 Å². The van der Waals surface area contributed by atoms with E-state index in [0.29, 0.717) is 29.5 Å². The first kappa shape index (κ1) is 18.3. The Labute approximate surface area is 172 Å². The molecule has 9 heteroatoms. The lowest BCUT2D eigenvalue weighted by Crippen LogP contribution is -2.25. The van der Waals surface area contributed by atoms with E-state index in [9.17, 15) is 4.79 Å². The van der Waals surface area contributed by atoms with Gasteiger partial charge in [0.25, 0.3) is 0 Å². The second kappa shape index (κ2) is 6.94. The number of aromatic nitrogens is 6. The van der Waals surface area contributed by atoms with Crippen LogP contribution in [0.25, 0.3) is 11.5 Å². The van der Waals surface area contributed by atoms with E-state index < -0.39 is 0 Å². The van der Waals surface area contributed by atoms with Crippen molar-refractivity contribution in [1.29, 1.82) is 0 Å². The molecular weight excluding hydrogens is 382 g/mol. The number of fused-ring (bicyclic) bond motifs is 2. The van der Waals surface area contributed by atoms with Crippen LogP contribution in [-0.2, 0) is 4.79 Å². The van der Waals surface area contributed by atoms with Crippen molar-refractivity contribution < 1.29 is 9.53 Å². The lowest BCUT2D eigenvalue weighted by molar-refractivity contribution is -0.116. The van der Waals surface area contributed by atoms with Crippen LogP contribution in [0.3, 0.4) is 0 Å². The van der Waals surface area contributed by atoms with E-state index >= 15 is 0 Å². The molecule has 0 saturated heterocycles. The molecule has 0 spiro atoms. The summed E-state index contributed by atoms with van der Waals surface area (Å²) >= 11 is 0. The van der Waals surface area contributed by atoms with Gasteiger partial charge in [-0.2, -0.15) is 14.3 Å². The lowest BCUT2D eigenvalue weighted by atomic mass is 9.87. The number of hydrogen-bond acceptors (Lipinski definition) is 6. The summed E-state index contributed by atoms with van der Waals surface area (Å²) in [6, 6.07) is 11.5. The second-order valence-corrected chi connectivity index (χ2v) is 7.58. The number of benzene rings is 1. The third-order valence-electron chi connectivity index (χ3n) is 5.10. The molecule has 0 saturated carbocycles. The highest BCUT2D eigenvalue weighted by molar-refractivity contribution is 5.94. The Kier molecular flexibility index (Phi) is 4.23. The van der Waals surface area contributed by atoms with Gasteiger partial charge in [0.1, 0.15) is 11.6 Å². The average molecular weight is 403 g/mol. The number of para-hydroxylation sites is 1. The SMILES string of the molecule is Cc1nnc2ccc(-n3ncc4c3NC(=O)CC4c3ccccc3OC(C)C)nn12. The van der Waals surface area contributed by atoms with Crippen molar-refractivity contribution in [2.75, 3.05) is 5.32 Å². The maximum Gasteiger partial charge on any atom is 0.226 e. The first-order valence-corrected chi connectivity index (χ1v) is 9.84. The third-order valence-corrected chi connectivity index (χ3v) is 5.10. The molecule has 3 aromatic heterocycles. The van der Waals surface area contributed by atoms with E-state index in [4.69, 9.17) is 4.74 Å². The summed E-state index contributed by atoms with van der Waals surface area (Å²) < 4.78 is 9.30. The van der Waals surface area contributed by atoms with Gasteiger partial charge < -0.3 is 10.1 Å². The smallest absolute Gasteiger partial charge is 0.226 e. The van der Waals surface area contributed by atoms with Gasteiger partial charge in [-0.25, -0.2) is 0 Å². The number of carbonyl (C=O) groups is 1. The molecule has 0 radical (unpaired) electrons. The van der Waals surface area contributed by atoms with Crippen molar-refractivity contribution in [3.63, 3.8) is 0 Å². The predicted octanol–water partition coefficient (Wildman–Crippen LogP) is 2.88. The minimum atomic E-state index is -0.155. The molecule has 5 rings (SSSR count). The average Bonchev–Trinajstić information content (AvgIpc) is 3.31. The molecule has 1 unspecified atom stereocenters. The van der Waals surface area contributed by atoms with Gasteiger partial charge in [-0.3, -0.25) is 4.79 Å². The van der Waals surface area contributed by atoms with Crippen molar-refractivity contribution in [2.45, 2.75) is 39.2 Å². The molecule has 0 aliphatic carbocycles. The third kappa shape index (κ3) is 2.99. The fraction of sp³-hybridized carbons (Fsp3) is 0.286. The zero-order chi connectivity index (χ0) is 20.8. The topological polar surface area (TPSA) is 99.2 Å². The Hall–Kier alpha value is -3.75. The van der Waals surface area contributed by atoms with Gasteiger partial charge in [0.2, 0.25) is 5.91 Å². The predicted molar refractivity (Wildman–Crippen MR) is 110 cm³/mol. The summed E-state index contributed by atoms with van der Waals surface area (Å²) in [5.74, 6) is 2.42. The van der Waals surface area contributed by atoms with Crippen LogP contribution in [0.15, 0.2) is 42.6 Å². The first-order valence-electron chi connectivity index (χ1n) is 9.84. The fourth-order valence-electron chi connectivity index (χ4n) is 3.80. The van der Waals surface area contributed by atoms with Crippen LogP contribution >= 0.6 is 0 Å². The van der Waals surface area contributed by atoms with Crippen LogP contribution in [0.1, 0.15) is 43.1 Å². The summed E-state index contributed by atoms with van der Waals surface area (Å²) in [7, 11) is 0. The van der Waals surface area contributed by atoms with Gasteiger partial charge in [0.15, 0.2) is 17.3 Å². The fourth-order valence-corrected chi connectivity index (χ4v) is 3.80. The summed E-state index contributed by atoms with van der Waals surface area (Å²) in [4.78, 5) is 12.6. The summed E-state index contributed by atoms with van der Waals surface area (Å²) in [6.07, 6.45) is 2.15. The van der Waals surface area contributed by atoms with Gasteiger partial charge in [-0.15, -0.1) is 15.3 Å². The molecule has 152 valence electrons. The molecule has 9 nitrogen and oxygen atoms in total. The minimum Gasteiger partial charge on any atom is -0.491 e. The van der Waals surface area contributed by atoms with Crippen molar-refractivity contribution in [2.24, 2.45) is 0 Å². The van der Waals surface area contributed by atoms with Gasteiger partial charge in [0.05, 0.1) is 12.3 Å². The number of amides is 1. The molecule has 1 atom stereocenters. The quantitative estimate of drug-likeness (QED) is 0.562. The van der Waals surface area contributed by atoms with E-state index in [1.807, 2.05) is 57.2 Å². The molecule has 1 N–H and O–H groups in total. The Morgan fingerprint density at radius 3 is 2.80 bits per heavy atom. The summed E-state index contributed by atoms with van der Waals surface area (Å²) in [5, 5.41) is 20.2. The molecule has 4 aromatic rings. The largest absolute Gasteiger partial charge is 0.491 e. The zero-order valence-corrected chi connectivity index (χ0v) is 16.9. The number of anilines is 1. The highest BCUT2D eigenvalue weighted by atomic mass is 16.5. The number of rotatable bonds is 4. The van der Waals surface area contributed by atoms with Crippen molar-refractivity contribution in [1.82, 2.24) is 29.6 Å². The second-order valence-electron chi connectivity index (χ2n) is 7.58. The standard InChI is InChI=1S/C21H21N7O2/c1-12(2)30-17-7-5-4-6-14(17)15-10-20(29)23-21-16(15)11-22-28(21)19-9-8-18-25-24-13(3)27(18)26-19/h4-9,11-12,15H,10H2,1-3H3,(H,23,29). The van der Waals surface area contributed by atoms with Crippen LogP contribution in [0.5, 0.6) is 5.75 Å². The zero-order valence-electron chi connectivity index (χ0n) is 16.9. The number of hydrogen-bond donors (Lipinski definition) is 1. The Morgan fingerprint density at radius 1 is 1.13 bits per heavy atom. The van der Waals surface area contributed by atoms with E-state index in [1.165, 1.54) is 0 Å². The van der Waals surface area contributed by atoms with Gasteiger partial charge in [-0.1, -0.05) is 18.2 Å². The van der Waals surface area contributed by atoms with Gasteiger partial charge in [-0.05, 0) is 39.0 Å². The molecule has 1 aliphatic rings. The molecule has 1 aromatic carbocycles. The molecule has 0 bridgehead atoms. The number of nitrogens with one attached hydrogen (secondary N) is 1. The lowest BCUT2D eigenvalue weighted by Gasteiger charge is -2.25. The van der Waals surface area contributed by atoms with Crippen LogP contribution < -0.4 is 10.1 Å². The van der Waals surface area contributed by atoms with E-state index in [0.717, 1.165) is 16.9 Å². The number of nitrogens with zero attached hydrogens (tertiary/aromatic N) is 6. The van der Waals surface area contributed by atoms with Crippen LogP contribution in [0.4, 0.5) is 5.82 Å². The summed E-state index contributed by atoms with van der Waals surface area (Å²) in [5.41, 5.74) is 2.55. The Morgan fingerprint density at radius 2 is 1.97 bits per heavy atom. The van der Waals surface area contributed by atoms with Gasteiger partial charge in [0, 0.05) is 23.5 Å². The molecule has 0 fully saturated rings. The molecular formula is C21H21N7O2. The monoisotopic (exact) mass is 403 g/mol. The molecule has 4 heterocycles. The maximum absolute atomic E-state index is 12.6. The number of ether oxygens (including phenoxy) is 1. The minimum absolute atomic E-state index is 0.0358. The maximum atomic E-state index is 12.6.